The fraction of sp³-hybridized carbons (Fsp3) is 0.943. The van der Waals surface area contributed by atoms with Crippen LogP contribution < -0.4 is 0 Å². The normalized spacial score (nSPS) is 51.6. The molecule has 14 atom stereocenters. The van der Waals surface area contributed by atoms with Gasteiger partial charge in [0.05, 0.1) is 30.5 Å². The molecule has 0 radical (unpaired) electrons. The van der Waals surface area contributed by atoms with Gasteiger partial charge in [-0.25, -0.2) is 0 Å². The fourth-order valence-corrected chi connectivity index (χ4v) is 12.3. The van der Waals surface area contributed by atoms with Crippen molar-refractivity contribution in [1.82, 2.24) is 0 Å². The second-order valence-corrected chi connectivity index (χ2v) is 17.2. The number of aliphatic hydroxyl groups is 3. The van der Waals surface area contributed by atoms with Crippen molar-refractivity contribution in [1.29, 1.82) is 0 Å². The second kappa shape index (κ2) is 10.2. The molecule has 2 saturated heterocycles. The predicted octanol–water partition coefficient (Wildman–Crippen LogP) is 3.93. The Hall–Kier alpha value is -1.10. The van der Waals surface area contributed by atoms with Gasteiger partial charge < -0.3 is 34.3 Å². The van der Waals surface area contributed by atoms with Crippen LogP contribution in [0.4, 0.5) is 0 Å². The molecular weight excluding hydrogens is 564 g/mol. The summed E-state index contributed by atoms with van der Waals surface area (Å²) in [6.45, 7) is 11.8. The SMILES string of the molecule is CC(=O)O[C@@H](C1CC[C@H]2C(O1)C(=O)C1C3CCC4C(C)(C)[C@@H](OC5C[C@@H](O)[C@H](O)CO5)CC[C@@]45C[C@@]35CCC12C)C(C)(C)O. The van der Waals surface area contributed by atoms with Crippen LogP contribution in [0.5, 0.6) is 0 Å². The summed E-state index contributed by atoms with van der Waals surface area (Å²) in [5, 5.41) is 30.9. The van der Waals surface area contributed by atoms with Crippen LogP contribution in [0.3, 0.4) is 0 Å². The van der Waals surface area contributed by atoms with Gasteiger partial charge in [-0.1, -0.05) is 20.8 Å². The van der Waals surface area contributed by atoms with E-state index in [0.717, 1.165) is 44.9 Å². The maximum absolute atomic E-state index is 14.5. The number of hydrogen-bond acceptors (Lipinski definition) is 9. The lowest BCUT2D eigenvalue weighted by molar-refractivity contribution is -0.263. The minimum atomic E-state index is -1.27. The van der Waals surface area contributed by atoms with Gasteiger partial charge in [-0.3, -0.25) is 9.59 Å². The zero-order valence-electron chi connectivity index (χ0n) is 27.4. The van der Waals surface area contributed by atoms with Crippen LogP contribution in [0, 0.1) is 45.3 Å². The number of aliphatic hydroxyl groups excluding tert-OH is 2. The first-order valence-corrected chi connectivity index (χ1v) is 17.3. The molecule has 0 bridgehead atoms. The van der Waals surface area contributed by atoms with Crippen LogP contribution in [0.25, 0.3) is 0 Å². The van der Waals surface area contributed by atoms with Crippen molar-refractivity contribution >= 4 is 11.8 Å². The van der Waals surface area contributed by atoms with Crippen LogP contribution >= 0.6 is 0 Å². The molecule has 0 aromatic carbocycles. The van der Waals surface area contributed by atoms with E-state index in [-0.39, 0.29) is 52.0 Å². The lowest BCUT2D eigenvalue weighted by Crippen LogP contribution is -2.56. The van der Waals surface area contributed by atoms with Gasteiger partial charge in [0.25, 0.3) is 0 Å². The molecule has 0 aromatic heterocycles. The summed E-state index contributed by atoms with van der Waals surface area (Å²) in [5.41, 5.74) is -0.999. The number of rotatable bonds is 5. The third kappa shape index (κ3) is 4.38. The molecule has 44 heavy (non-hydrogen) atoms. The van der Waals surface area contributed by atoms with E-state index in [9.17, 15) is 24.9 Å². The highest BCUT2D eigenvalue weighted by molar-refractivity contribution is 5.90. The minimum absolute atomic E-state index is 0.0136. The summed E-state index contributed by atoms with van der Waals surface area (Å²) in [7, 11) is 0. The van der Waals surface area contributed by atoms with Gasteiger partial charge in [-0.15, -0.1) is 0 Å². The summed E-state index contributed by atoms with van der Waals surface area (Å²) in [4.78, 5) is 26.4. The molecule has 5 saturated carbocycles. The molecule has 5 aliphatic carbocycles. The maximum Gasteiger partial charge on any atom is 0.303 e. The lowest BCUT2D eigenvalue weighted by atomic mass is 9.46. The first-order valence-electron chi connectivity index (χ1n) is 17.3. The number of ketones is 1. The highest BCUT2D eigenvalue weighted by Crippen LogP contribution is 2.87. The second-order valence-electron chi connectivity index (χ2n) is 17.2. The van der Waals surface area contributed by atoms with Crippen molar-refractivity contribution in [3.8, 4) is 0 Å². The quantitative estimate of drug-likeness (QED) is 0.310. The van der Waals surface area contributed by atoms with Gasteiger partial charge >= 0.3 is 5.97 Å². The summed E-state index contributed by atoms with van der Waals surface area (Å²) >= 11 is 0. The summed E-state index contributed by atoms with van der Waals surface area (Å²) in [6.07, 6.45) is 5.40. The molecule has 7 fully saturated rings. The van der Waals surface area contributed by atoms with E-state index in [4.69, 9.17) is 18.9 Å². The van der Waals surface area contributed by atoms with Gasteiger partial charge in [-0.05, 0) is 111 Å². The summed E-state index contributed by atoms with van der Waals surface area (Å²) < 4.78 is 24.5. The van der Waals surface area contributed by atoms with E-state index >= 15 is 0 Å². The Labute approximate surface area is 261 Å². The van der Waals surface area contributed by atoms with Crippen LogP contribution in [0.1, 0.15) is 106 Å². The zero-order chi connectivity index (χ0) is 31.6. The van der Waals surface area contributed by atoms with Gasteiger partial charge in [0.15, 0.2) is 18.2 Å². The van der Waals surface area contributed by atoms with Gasteiger partial charge in [0.2, 0.25) is 0 Å². The Morgan fingerprint density at radius 3 is 2.39 bits per heavy atom. The molecule has 248 valence electrons. The largest absolute Gasteiger partial charge is 0.457 e. The number of carbonyl (C=O) groups is 2. The Bertz CT molecular complexity index is 1180. The average molecular weight is 619 g/mol. The van der Waals surface area contributed by atoms with E-state index in [1.54, 1.807) is 13.8 Å². The molecule has 3 N–H and O–H groups in total. The minimum Gasteiger partial charge on any atom is -0.457 e. The average Bonchev–Trinajstić information content (AvgIpc) is 3.55. The smallest absolute Gasteiger partial charge is 0.303 e. The van der Waals surface area contributed by atoms with Crippen molar-refractivity contribution in [3.05, 3.63) is 0 Å². The molecule has 7 unspecified atom stereocenters. The molecule has 2 aliphatic heterocycles. The molecule has 2 spiro atoms. The van der Waals surface area contributed by atoms with Crippen molar-refractivity contribution in [3.63, 3.8) is 0 Å². The Kier molecular flexibility index (Phi) is 7.30. The number of ether oxygens (including phenoxy) is 4. The maximum atomic E-state index is 14.5. The van der Waals surface area contributed by atoms with Crippen molar-refractivity contribution < 1.29 is 43.9 Å². The van der Waals surface area contributed by atoms with Gasteiger partial charge in [0, 0.05) is 19.3 Å². The van der Waals surface area contributed by atoms with E-state index in [1.165, 1.54) is 13.3 Å². The molecule has 9 nitrogen and oxygen atoms in total. The summed E-state index contributed by atoms with van der Waals surface area (Å²) in [6, 6.07) is 0. The molecule has 2 heterocycles. The molecule has 9 heteroatoms. The van der Waals surface area contributed by atoms with Crippen molar-refractivity contribution in [2.45, 2.75) is 154 Å². The number of hydrogen-bond donors (Lipinski definition) is 3. The molecule has 7 rings (SSSR count). The fourth-order valence-electron chi connectivity index (χ4n) is 12.3. The number of Topliss-reactive ketones (excluding diaryl/α,β-unsaturated/α-hetero) is 1. The highest BCUT2D eigenvalue weighted by atomic mass is 16.7. The summed E-state index contributed by atoms with van der Waals surface area (Å²) in [5.74, 6) is 0.804. The molecule has 0 aromatic rings. The lowest BCUT2D eigenvalue weighted by Gasteiger charge is -2.59. The van der Waals surface area contributed by atoms with E-state index in [0.29, 0.717) is 24.7 Å². The van der Waals surface area contributed by atoms with Crippen LogP contribution in [-0.2, 0) is 28.5 Å². The standard InChI is InChI=1S/C35H54O9/c1-18(36)42-30(32(4,5)40)23-9-7-20-29(43-23)28(39)27-19-8-10-24-31(2,3)25(44-26-15-21(37)22(38)16-41-26)11-12-35(24)17-34(19,35)14-13-33(20,27)6/h19-27,29-30,37-38,40H,7-17H2,1-6H3/t19?,20-,21+,22+,23?,24?,25-,26?,27?,29?,30-,33?,34-,35+/m0/s1. The van der Waals surface area contributed by atoms with Crippen LogP contribution in [-0.4, -0.2) is 82.2 Å². The van der Waals surface area contributed by atoms with E-state index in [1.807, 2.05) is 0 Å². The Balaban J connectivity index is 1.10. The van der Waals surface area contributed by atoms with Crippen LogP contribution in [0.15, 0.2) is 0 Å². The van der Waals surface area contributed by atoms with Crippen LogP contribution in [0.2, 0.25) is 0 Å². The monoisotopic (exact) mass is 618 g/mol. The third-order valence-corrected chi connectivity index (χ3v) is 14.3. The van der Waals surface area contributed by atoms with E-state index < -0.39 is 48.4 Å². The van der Waals surface area contributed by atoms with E-state index in [2.05, 4.69) is 20.8 Å². The first-order chi connectivity index (χ1) is 20.5. The number of carbonyl (C=O) groups excluding carboxylic acids is 2. The topological polar surface area (TPSA) is 132 Å². The Morgan fingerprint density at radius 2 is 1.70 bits per heavy atom. The van der Waals surface area contributed by atoms with Crippen molar-refractivity contribution in [2.75, 3.05) is 6.61 Å². The van der Waals surface area contributed by atoms with Gasteiger partial charge in [0.1, 0.15) is 12.2 Å². The molecule has 0 amide bonds. The first kappa shape index (κ1) is 31.5. The highest BCUT2D eigenvalue weighted by Gasteiger charge is 2.82. The third-order valence-electron chi connectivity index (χ3n) is 14.3. The molecular formula is C35H54O9. The predicted molar refractivity (Wildman–Crippen MR) is 159 cm³/mol. The molecule has 7 aliphatic rings. The number of fused-ring (bicyclic) bond motifs is 4. The Morgan fingerprint density at radius 1 is 0.977 bits per heavy atom. The zero-order valence-corrected chi connectivity index (χ0v) is 27.4. The number of esters is 1. The van der Waals surface area contributed by atoms with Crippen molar-refractivity contribution in [2.24, 2.45) is 45.3 Å². The van der Waals surface area contributed by atoms with Gasteiger partial charge in [-0.2, -0.15) is 0 Å².